The van der Waals surface area contributed by atoms with Gasteiger partial charge in [-0.3, -0.25) is 10.1 Å². The van der Waals surface area contributed by atoms with Gasteiger partial charge in [0, 0.05) is 11.0 Å². The molecule has 0 heterocycles. The van der Waals surface area contributed by atoms with Gasteiger partial charge in [0.1, 0.15) is 0 Å². The number of anilines is 1. The third kappa shape index (κ3) is 6.48. The lowest BCUT2D eigenvalue weighted by molar-refractivity contribution is -0.387. The van der Waals surface area contributed by atoms with E-state index in [9.17, 15) is 15.0 Å². The predicted molar refractivity (Wildman–Crippen MR) is 95.8 cm³/mol. The third-order valence-corrected chi connectivity index (χ3v) is 3.48. The maximum absolute atomic E-state index is 10.9. The van der Waals surface area contributed by atoms with Gasteiger partial charge in [-0.2, -0.15) is 0 Å². The fourth-order valence-electron chi connectivity index (χ4n) is 1.51. The van der Waals surface area contributed by atoms with Crippen molar-refractivity contribution < 1.29 is 4.92 Å². The Morgan fingerprint density at radius 1 is 0.957 bits per heavy atom. The monoisotopic (exact) mass is 335 g/mol. The summed E-state index contributed by atoms with van der Waals surface area (Å²) in [6.45, 7) is 8.00. The van der Waals surface area contributed by atoms with E-state index >= 15 is 0 Å². The van der Waals surface area contributed by atoms with Crippen LogP contribution in [0.3, 0.4) is 0 Å². The first-order valence-electron chi connectivity index (χ1n) is 7.31. The van der Waals surface area contributed by atoms with Gasteiger partial charge in [-0.1, -0.05) is 63.7 Å². The van der Waals surface area contributed by atoms with Gasteiger partial charge in [-0.25, -0.2) is 5.43 Å². The van der Waals surface area contributed by atoms with E-state index in [1.807, 2.05) is 27.7 Å². The molecule has 0 spiro atoms. The molecule has 0 aromatic heterocycles. The van der Waals surface area contributed by atoms with Gasteiger partial charge >= 0.3 is 0 Å². The van der Waals surface area contributed by atoms with Gasteiger partial charge in [-0.05, 0) is 18.2 Å². The molecule has 6 nitrogen and oxygen atoms in total. The molecule has 0 atom stereocenters. The standard InChI is InChI=1S/C12H9N3O3S.2C2H6/c16-14-13-9-5-1-3-7-11(9)19-12-8-4-2-6-10(12)15(17)18;2*1-2/h1-8H,(H,13,16);2*1-2H3. The number of nitrogens with one attached hydrogen (secondary N) is 1. The van der Waals surface area contributed by atoms with Crippen LogP contribution in [0.1, 0.15) is 27.7 Å². The van der Waals surface area contributed by atoms with Gasteiger partial charge < -0.3 is 0 Å². The smallest absolute Gasteiger partial charge is 0.258 e. The highest BCUT2D eigenvalue weighted by atomic mass is 32.2. The number of rotatable bonds is 5. The number of para-hydroxylation sites is 2. The zero-order valence-corrected chi connectivity index (χ0v) is 14.5. The van der Waals surface area contributed by atoms with Crippen LogP contribution in [0.25, 0.3) is 0 Å². The highest BCUT2D eigenvalue weighted by Gasteiger charge is 2.14. The Labute approximate surface area is 140 Å². The normalized spacial score (nSPS) is 8.70. The summed E-state index contributed by atoms with van der Waals surface area (Å²) in [5.74, 6) is 0. The average molecular weight is 335 g/mol. The summed E-state index contributed by atoms with van der Waals surface area (Å²) in [4.78, 5) is 22.0. The molecule has 2 aromatic rings. The first-order valence-corrected chi connectivity index (χ1v) is 8.12. The molecular weight excluding hydrogens is 314 g/mol. The van der Waals surface area contributed by atoms with Crippen molar-refractivity contribution >= 4 is 23.1 Å². The highest BCUT2D eigenvalue weighted by Crippen LogP contribution is 2.37. The molecule has 1 N–H and O–H groups in total. The van der Waals surface area contributed by atoms with Crippen molar-refractivity contribution in [3.05, 3.63) is 63.6 Å². The Balaban J connectivity index is 0.00000112. The Hall–Kier alpha value is -2.41. The zero-order chi connectivity index (χ0) is 17.7. The van der Waals surface area contributed by atoms with Crippen molar-refractivity contribution in [2.24, 2.45) is 5.29 Å². The first-order chi connectivity index (χ1) is 11.2. The first kappa shape index (κ1) is 20.6. The minimum Gasteiger partial charge on any atom is -0.258 e. The summed E-state index contributed by atoms with van der Waals surface area (Å²) < 4.78 is 0. The van der Waals surface area contributed by atoms with Gasteiger partial charge in [0.05, 0.1) is 20.8 Å². The molecule has 23 heavy (non-hydrogen) atoms. The van der Waals surface area contributed by atoms with Crippen molar-refractivity contribution in [3.63, 3.8) is 0 Å². The Bertz CT molecular complexity index is 621. The third-order valence-electron chi connectivity index (χ3n) is 2.34. The van der Waals surface area contributed by atoms with E-state index in [0.717, 1.165) is 0 Å². The number of nitroso groups, excluding NO2 is 1. The minimum absolute atomic E-state index is 0.0290. The number of benzene rings is 2. The summed E-state index contributed by atoms with van der Waals surface area (Å²) >= 11 is 1.21. The van der Waals surface area contributed by atoms with Crippen molar-refractivity contribution in [1.82, 2.24) is 0 Å². The zero-order valence-electron chi connectivity index (χ0n) is 13.6. The van der Waals surface area contributed by atoms with Gasteiger partial charge in [-0.15, -0.1) is 4.91 Å². The second-order valence-electron chi connectivity index (χ2n) is 3.53. The maximum atomic E-state index is 10.9. The topological polar surface area (TPSA) is 84.6 Å². The van der Waals surface area contributed by atoms with Crippen molar-refractivity contribution in [3.8, 4) is 0 Å². The lowest BCUT2D eigenvalue weighted by Gasteiger charge is -2.06. The summed E-state index contributed by atoms with van der Waals surface area (Å²) in [7, 11) is 0. The summed E-state index contributed by atoms with van der Waals surface area (Å²) in [5, 5.41) is 13.5. The van der Waals surface area contributed by atoms with Gasteiger partial charge in [0.15, 0.2) is 0 Å². The fourth-order valence-corrected chi connectivity index (χ4v) is 2.51. The Kier molecular flexibility index (Phi) is 10.9. The quantitative estimate of drug-likeness (QED) is 0.418. The van der Waals surface area contributed by atoms with Crippen LogP contribution in [0.4, 0.5) is 11.4 Å². The number of hydrogen-bond donors (Lipinski definition) is 1. The lowest BCUT2D eigenvalue weighted by Crippen LogP contribution is -1.92. The van der Waals surface area contributed by atoms with E-state index in [2.05, 4.69) is 10.7 Å². The van der Waals surface area contributed by atoms with E-state index in [4.69, 9.17) is 0 Å². The molecular formula is C16H21N3O3S. The van der Waals surface area contributed by atoms with E-state index < -0.39 is 4.92 Å². The maximum Gasteiger partial charge on any atom is 0.283 e. The molecule has 124 valence electrons. The van der Waals surface area contributed by atoms with Crippen LogP contribution in [0.15, 0.2) is 63.6 Å². The molecule has 0 saturated heterocycles. The second-order valence-corrected chi connectivity index (χ2v) is 4.61. The number of nitrogens with zero attached hydrogens (tertiary/aromatic N) is 2. The molecule has 0 amide bonds. The highest BCUT2D eigenvalue weighted by molar-refractivity contribution is 7.99. The molecule has 7 heteroatoms. The molecule has 0 aliphatic heterocycles. The summed E-state index contributed by atoms with van der Waals surface area (Å²) in [6, 6.07) is 13.4. The van der Waals surface area contributed by atoms with Crippen LogP contribution in [0, 0.1) is 15.0 Å². The molecule has 0 aliphatic carbocycles. The molecule has 0 unspecified atom stereocenters. The van der Waals surface area contributed by atoms with E-state index in [0.29, 0.717) is 15.5 Å². The van der Waals surface area contributed by atoms with E-state index in [-0.39, 0.29) is 5.69 Å². The molecule has 2 aromatic carbocycles. The van der Waals surface area contributed by atoms with Crippen LogP contribution in [-0.4, -0.2) is 4.92 Å². The molecule has 0 fully saturated rings. The van der Waals surface area contributed by atoms with Gasteiger partial charge in [0.2, 0.25) is 0 Å². The molecule has 2 rings (SSSR count). The summed E-state index contributed by atoms with van der Waals surface area (Å²) in [5.41, 5.74) is 2.87. The molecule has 0 bridgehead atoms. The van der Waals surface area contributed by atoms with Crippen LogP contribution >= 0.6 is 11.8 Å². The molecule has 0 aliphatic rings. The van der Waals surface area contributed by atoms with Crippen LogP contribution < -0.4 is 5.43 Å². The number of nitro benzene ring substituents is 1. The summed E-state index contributed by atoms with van der Waals surface area (Å²) in [6.07, 6.45) is 0. The molecule has 0 radical (unpaired) electrons. The fraction of sp³-hybridized carbons (Fsp3) is 0.250. The minimum atomic E-state index is -0.434. The van der Waals surface area contributed by atoms with Gasteiger partial charge in [0.25, 0.3) is 5.69 Å². The predicted octanol–water partition coefficient (Wildman–Crippen LogP) is 5.89. The van der Waals surface area contributed by atoms with Crippen molar-refractivity contribution in [1.29, 1.82) is 0 Å². The largest absolute Gasteiger partial charge is 0.283 e. The van der Waals surface area contributed by atoms with Crippen LogP contribution in [0.5, 0.6) is 0 Å². The van der Waals surface area contributed by atoms with Crippen molar-refractivity contribution in [2.75, 3.05) is 5.43 Å². The van der Waals surface area contributed by atoms with E-state index in [1.165, 1.54) is 17.8 Å². The Morgan fingerprint density at radius 2 is 1.48 bits per heavy atom. The average Bonchev–Trinajstić information content (AvgIpc) is 2.61. The van der Waals surface area contributed by atoms with Crippen LogP contribution in [0.2, 0.25) is 0 Å². The van der Waals surface area contributed by atoms with E-state index in [1.54, 1.807) is 42.5 Å². The number of hydrogen-bond acceptors (Lipinski definition) is 5. The number of nitro groups is 1. The molecule has 0 saturated carbocycles. The van der Waals surface area contributed by atoms with Crippen molar-refractivity contribution in [2.45, 2.75) is 37.5 Å². The SMILES string of the molecule is CC.CC.O=NNc1ccccc1Sc1ccccc1[N+](=O)[O-]. The Morgan fingerprint density at radius 3 is 2.04 bits per heavy atom. The van der Waals surface area contributed by atoms with Crippen LogP contribution in [-0.2, 0) is 0 Å². The lowest BCUT2D eigenvalue weighted by atomic mass is 10.3. The second kappa shape index (κ2) is 12.2.